The van der Waals surface area contributed by atoms with Crippen LogP contribution in [0.2, 0.25) is 0 Å². The summed E-state index contributed by atoms with van der Waals surface area (Å²) in [5, 5.41) is 0. The Morgan fingerprint density at radius 1 is 0.323 bits per heavy atom. The first-order valence-corrected chi connectivity index (χ1v) is 28.1. The molecule has 0 saturated carbocycles. The van der Waals surface area contributed by atoms with Crippen LogP contribution in [-0.2, 0) is 28.6 Å². The molecular formula is C59H106O6. The maximum Gasteiger partial charge on any atom is 0.306 e. The summed E-state index contributed by atoms with van der Waals surface area (Å²) >= 11 is 0. The molecule has 1 atom stereocenters. The maximum atomic E-state index is 12.8. The Kier molecular flexibility index (Phi) is 51.8. The smallest absolute Gasteiger partial charge is 0.306 e. The molecule has 0 spiro atoms. The van der Waals surface area contributed by atoms with Gasteiger partial charge in [0.2, 0.25) is 0 Å². The zero-order valence-corrected chi connectivity index (χ0v) is 43.3. The molecule has 6 heteroatoms. The molecule has 0 saturated heterocycles. The fourth-order valence-corrected chi connectivity index (χ4v) is 8.10. The van der Waals surface area contributed by atoms with Gasteiger partial charge in [-0.2, -0.15) is 0 Å². The van der Waals surface area contributed by atoms with Gasteiger partial charge in [-0.05, 0) is 77.0 Å². The van der Waals surface area contributed by atoms with Gasteiger partial charge in [0.25, 0.3) is 0 Å². The van der Waals surface area contributed by atoms with Gasteiger partial charge in [0.15, 0.2) is 6.10 Å². The van der Waals surface area contributed by atoms with E-state index < -0.39 is 6.10 Å². The van der Waals surface area contributed by atoms with Gasteiger partial charge in [0.1, 0.15) is 13.2 Å². The predicted octanol–water partition coefficient (Wildman–Crippen LogP) is 18.7. The molecule has 0 aromatic rings. The third-order valence-electron chi connectivity index (χ3n) is 12.3. The number of unbranched alkanes of at least 4 members (excludes halogenated alkanes) is 32. The number of carbonyl (C=O) groups excluding carboxylic acids is 3. The van der Waals surface area contributed by atoms with E-state index in [0.29, 0.717) is 19.3 Å². The zero-order chi connectivity index (χ0) is 47.2. The van der Waals surface area contributed by atoms with Crippen molar-refractivity contribution < 1.29 is 28.6 Å². The summed E-state index contributed by atoms with van der Waals surface area (Å²) in [5.74, 6) is -0.894. The quantitative estimate of drug-likeness (QED) is 0.0262. The summed E-state index contributed by atoms with van der Waals surface area (Å²) in [4.78, 5) is 38.1. The minimum Gasteiger partial charge on any atom is -0.462 e. The molecule has 0 rings (SSSR count). The van der Waals surface area contributed by atoms with E-state index in [1.54, 1.807) is 0 Å². The predicted molar refractivity (Wildman–Crippen MR) is 279 cm³/mol. The molecule has 65 heavy (non-hydrogen) atoms. The molecule has 0 amide bonds. The van der Waals surface area contributed by atoms with E-state index in [0.717, 1.165) is 103 Å². The maximum absolute atomic E-state index is 12.8. The summed E-state index contributed by atoms with van der Waals surface area (Å²) in [5.41, 5.74) is 0. The number of carbonyl (C=O) groups is 3. The molecule has 0 aromatic heterocycles. The van der Waals surface area contributed by atoms with Crippen LogP contribution in [0.1, 0.15) is 290 Å². The third kappa shape index (κ3) is 52.2. The highest BCUT2D eigenvalue weighted by Crippen LogP contribution is 2.16. The summed E-state index contributed by atoms with van der Waals surface area (Å²) < 4.78 is 16.8. The van der Waals surface area contributed by atoms with Crippen molar-refractivity contribution in [3.63, 3.8) is 0 Å². The van der Waals surface area contributed by atoms with E-state index in [9.17, 15) is 14.4 Å². The van der Waals surface area contributed by atoms with Crippen molar-refractivity contribution in [1.29, 1.82) is 0 Å². The monoisotopic (exact) mass is 911 g/mol. The number of allylic oxidation sites excluding steroid dienone is 8. The second-order valence-corrected chi connectivity index (χ2v) is 18.8. The SMILES string of the molecule is CC/C=C\C/C=C\C/C=C\CCCCCCCC(=O)OC(COC(=O)CCCCCCC/C=C\CCCCCC)COC(=O)CCCCCCCCCCCCCCCCCCCCC. The first kappa shape index (κ1) is 62.4. The molecule has 0 aliphatic rings. The topological polar surface area (TPSA) is 78.9 Å². The molecule has 0 aliphatic carbocycles. The molecule has 0 bridgehead atoms. The highest BCUT2D eigenvalue weighted by Gasteiger charge is 2.19. The van der Waals surface area contributed by atoms with Crippen molar-refractivity contribution in [2.24, 2.45) is 0 Å². The van der Waals surface area contributed by atoms with Crippen LogP contribution in [0.25, 0.3) is 0 Å². The number of hydrogen-bond donors (Lipinski definition) is 0. The normalized spacial score (nSPS) is 12.4. The second kappa shape index (κ2) is 54.0. The number of hydrogen-bond acceptors (Lipinski definition) is 6. The zero-order valence-electron chi connectivity index (χ0n) is 43.3. The highest BCUT2D eigenvalue weighted by molar-refractivity contribution is 5.71. The number of ether oxygens (including phenoxy) is 3. The third-order valence-corrected chi connectivity index (χ3v) is 12.3. The lowest BCUT2D eigenvalue weighted by Gasteiger charge is -2.18. The molecule has 1 unspecified atom stereocenters. The van der Waals surface area contributed by atoms with Crippen molar-refractivity contribution in [3.05, 3.63) is 48.6 Å². The summed E-state index contributed by atoms with van der Waals surface area (Å²) in [6.07, 6.45) is 65.3. The van der Waals surface area contributed by atoms with Gasteiger partial charge in [-0.15, -0.1) is 0 Å². The molecular weight excluding hydrogens is 805 g/mol. The van der Waals surface area contributed by atoms with E-state index in [-0.39, 0.29) is 31.1 Å². The van der Waals surface area contributed by atoms with Gasteiger partial charge >= 0.3 is 17.9 Å². The van der Waals surface area contributed by atoms with Crippen LogP contribution in [0, 0.1) is 0 Å². The number of rotatable bonds is 51. The van der Waals surface area contributed by atoms with Crippen molar-refractivity contribution in [2.45, 2.75) is 297 Å². The molecule has 0 fully saturated rings. The van der Waals surface area contributed by atoms with Crippen LogP contribution in [0.4, 0.5) is 0 Å². The highest BCUT2D eigenvalue weighted by atomic mass is 16.6. The van der Waals surface area contributed by atoms with Crippen LogP contribution in [-0.4, -0.2) is 37.2 Å². The molecule has 0 aliphatic heterocycles. The van der Waals surface area contributed by atoms with E-state index >= 15 is 0 Å². The lowest BCUT2D eigenvalue weighted by molar-refractivity contribution is -0.167. The second-order valence-electron chi connectivity index (χ2n) is 18.8. The Morgan fingerprint density at radius 2 is 0.600 bits per heavy atom. The van der Waals surface area contributed by atoms with Gasteiger partial charge < -0.3 is 14.2 Å². The van der Waals surface area contributed by atoms with Crippen molar-refractivity contribution in [3.8, 4) is 0 Å². The molecule has 6 nitrogen and oxygen atoms in total. The van der Waals surface area contributed by atoms with Gasteiger partial charge in [-0.25, -0.2) is 0 Å². The van der Waals surface area contributed by atoms with E-state index in [4.69, 9.17) is 14.2 Å². The lowest BCUT2D eigenvalue weighted by Crippen LogP contribution is -2.30. The molecule has 0 N–H and O–H groups in total. The van der Waals surface area contributed by atoms with Crippen LogP contribution in [0.5, 0.6) is 0 Å². The fraction of sp³-hybridized carbons (Fsp3) is 0.814. The van der Waals surface area contributed by atoms with Crippen molar-refractivity contribution in [2.75, 3.05) is 13.2 Å². The van der Waals surface area contributed by atoms with Crippen LogP contribution in [0.15, 0.2) is 48.6 Å². The Bertz CT molecular complexity index is 1140. The standard InChI is InChI=1S/C59H106O6/c1-4-7-10-13-16-19-22-25-27-28-29-30-32-34-37-40-43-46-49-52-58(61)64-55-56(54-63-57(60)51-48-45-42-39-36-33-24-21-18-15-12-9-6-3)65-59(62)53-50-47-44-41-38-35-31-26-23-20-17-14-11-8-5-2/h8,11,17,20-21,24,26,31,56H,4-7,9-10,12-16,18-19,22-23,25,27-30,32-55H2,1-3H3/b11-8-,20-17-,24-21-,31-26-. The molecule has 0 aromatic carbocycles. The van der Waals surface area contributed by atoms with Gasteiger partial charge in [-0.1, -0.05) is 243 Å². The lowest BCUT2D eigenvalue weighted by atomic mass is 10.0. The summed E-state index contributed by atoms with van der Waals surface area (Å²) in [6.45, 7) is 6.52. The molecule has 0 radical (unpaired) electrons. The minimum absolute atomic E-state index is 0.0800. The Labute approximate surface area is 403 Å². The van der Waals surface area contributed by atoms with Crippen molar-refractivity contribution in [1.82, 2.24) is 0 Å². The Morgan fingerprint density at radius 3 is 0.969 bits per heavy atom. The average molecular weight is 911 g/mol. The average Bonchev–Trinajstić information content (AvgIpc) is 3.30. The first-order valence-electron chi connectivity index (χ1n) is 28.1. The van der Waals surface area contributed by atoms with E-state index in [1.807, 2.05) is 0 Å². The van der Waals surface area contributed by atoms with E-state index in [2.05, 4.69) is 69.4 Å². The van der Waals surface area contributed by atoms with Gasteiger partial charge in [0.05, 0.1) is 0 Å². The van der Waals surface area contributed by atoms with Gasteiger partial charge in [-0.3, -0.25) is 14.4 Å². The number of esters is 3. The fourth-order valence-electron chi connectivity index (χ4n) is 8.10. The van der Waals surface area contributed by atoms with Crippen LogP contribution < -0.4 is 0 Å². The largest absolute Gasteiger partial charge is 0.462 e. The van der Waals surface area contributed by atoms with Crippen LogP contribution >= 0.6 is 0 Å². The molecule has 0 heterocycles. The minimum atomic E-state index is -0.783. The van der Waals surface area contributed by atoms with Gasteiger partial charge in [0, 0.05) is 19.3 Å². The molecule has 378 valence electrons. The Balaban J connectivity index is 4.34. The summed E-state index contributed by atoms with van der Waals surface area (Å²) in [6, 6.07) is 0. The van der Waals surface area contributed by atoms with Crippen molar-refractivity contribution >= 4 is 17.9 Å². The Hall–Kier alpha value is -2.63. The van der Waals surface area contributed by atoms with Crippen LogP contribution in [0.3, 0.4) is 0 Å². The van der Waals surface area contributed by atoms with E-state index in [1.165, 1.54) is 148 Å². The first-order chi connectivity index (χ1) is 32.0. The summed E-state index contributed by atoms with van der Waals surface area (Å²) in [7, 11) is 0.